The number of amides is 1. The highest BCUT2D eigenvalue weighted by Crippen LogP contribution is 2.25. The second kappa shape index (κ2) is 7.48. The quantitative estimate of drug-likeness (QED) is 0.735. The number of carbonyl (C=O) groups excluding carboxylic acids is 1. The first kappa shape index (κ1) is 18.0. The molecule has 0 heterocycles. The van der Waals surface area contributed by atoms with Crippen LogP contribution in [-0.2, 0) is 14.8 Å². The van der Waals surface area contributed by atoms with Crippen LogP contribution in [0.1, 0.15) is 5.56 Å². The molecule has 8 heteroatoms. The number of hydrogen-bond acceptors (Lipinski definition) is 4. The van der Waals surface area contributed by atoms with Crippen molar-refractivity contribution in [2.45, 2.75) is 16.7 Å². The topological polar surface area (TPSA) is 89.3 Å². The molecule has 2 aromatic rings. The van der Waals surface area contributed by atoms with Crippen molar-refractivity contribution in [1.82, 2.24) is 0 Å². The first-order valence-electron chi connectivity index (χ1n) is 6.57. The largest absolute Gasteiger partial charge is 0.325 e. The molecule has 0 aliphatic heterocycles. The number of benzene rings is 2. The third kappa shape index (κ3) is 5.35. The lowest BCUT2D eigenvalue weighted by molar-refractivity contribution is -0.113. The molecule has 0 fully saturated rings. The third-order valence-corrected chi connectivity index (χ3v) is 5.52. The van der Waals surface area contributed by atoms with Gasteiger partial charge >= 0.3 is 0 Å². The summed E-state index contributed by atoms with van der Waals surface area (Å²) in [5, 5.41) is 7.74. The number of hydrogen-bond donors (Lipinski definition) is 2. The summed E-state index contributed by atoms with van der Waals surface area (Å²) in [6.45, 7) is 1.97. The predicted molar refractivity (Wildman–Crippen MR) is 96.0 cm³/mol. The van der Waals surface area contributed by atoms with Crippen LogP contribution in [0.4, 0.5) is 5.69 Å². The van der Waals surface area contributed by atoms with Crippen LogP contribution in [0.5, 0.6) is 0 Å². The normalized spacial score (nSPS) is 11.3. The van der Waals surface area contributed by atoms with Crippen molar-refractivity contribution >= 4 is 49.3 Å². The maximum Gasteiger partial charge on any atom is 0.238 e. The number of halogens is 1. The molecule has 0 aromatic heterocycles. The molecule has 0 saturated carbocycles. The summed E-state index contributed by atoms with van der Waals surface area (Å²) < 4.78 is 23.6. The average Bonchev–Trinajstić information content (AvgIpc) is 2.45. The van der Waals surface area contributed by atoms with Crippen LogP contribution in [0.25, 0.3) is 0 Å². The molecular formula is C15H15BrN2O3S2. The third-order valence-electron chi connectivity index (χ3n) is 2.94. The number of rotatable bonds is 5. The monoisotopic (exact) mass is 414 g/mol. The van der Waals surface area contributed by atoms with Crippen LogP contribution in [0, 0.1) is 6.92 Å². The lowest BCUT2D eigenvalue weighted by Crippen LogP contribution is -2.16. The molecule has 0 unspecified atom stereocenters. The van der Waals surface area contributed by atoms with Crippen LogP contribution >= 0.6 is 27.7 Å². The molecule has 2 aromatic carbocycles. The first-order chi connectivity index (χ1) is 10.8. The molecule has 0 bridgehead atoms. The fraction of sp³-hybridized carbons (Fsp3) is 0.133. The van der Waals surface area contributed by atoms with Gasteiger partial charge in [-0.1, -0.05) is 22.0 Å². The Morgan fingerprint density at radius 2 is 2.00 bits per heavy atom. The lowest BCUT2D eigenvalue weighted by Gasteiger charge is -2.08. The van der Waals surface area contributed by atoms with Crippen LogP contribution in [-0.4, -0.2) is 20.1 Å². The van der Waals surface area contributed by atoms with Gasteiger partial charge in [-0.05, 0) is 48.9 Å². The van der Waals surface area contributed by atoms with Crippen molar-refractivity contribution in [3.05, 3.63) is 52.5 Å². The molecule has 0 aliphatic rings. The van der Waals surface area contributed by atoms with E-state index in [9.17, 15) is 13.2 Å². The summed E-state index contributed by atoms with van der Waals surface area (Å²) in [4.78, 5) is 13.0. The van der Waals surface area contributed by atoms with Gasteiger partial charge in [-0.2, -0.15) is 0 Å². The number of primary sulfonamides is 1. The second-order valence-electron chi connectivity index (χ2n) is 4.82. The van der Waals surface area contributed by atoms with Gasteiger partial charge in [-0.3, -0.25) is 4.79 Å². The van der Waals surface area contributed by atoms with E-state index in [4.69, 9.17) is 5.14 Å². The number of thioether (sulfide) groups is 1. The number of aryl methyl sites for hydroxylation is 1. The summed E-state index contributed by atoms with van der Waals surface area (Å²) in [5.74, 6) is 0.00566. The molecule has 2 rings (SSSR count). The number of sulfonamides is 1. The van der Waals surface area contributed by atoms with Gasteiger partial charge in [0.1, 0.15) is 0 Å². The standard InChI is InChI=1S/C15H15BrN2O3S2/c1-10-7-11(16)5-6-14(10)22-9-15(19)18-12-3-2-4-13(8-12)23(17,20)21/h2-8H,9H2,1H3,(H,18,19)(H2,17,20,21). The number of carbonyl (C=O) groups is 1. The highest BCUT2D eigenvalue weighted by Gasteiger charge is 2.10. The lowest BCUT2D eigenvalue weighted by atomic mass is 10.2. The predicted octanol–water partition coefficient (Wildman–Crippen LogP) is 3.14. The zero-order valence-electron chi connectivity index (χ0n) is 12.2. The summed E-state index contributed by atoms with van der Waals surface area (Å²) in [6, 6.07) is 11.7. The minimum atomic E-state index is -3.79. The molecule has 0 spiro atoms. The summed E-state index contributed by atoms with van der Waals surface area (Å²) in [6.07, 6.45) is 0. The minimum Gasteiger partial charge on any atom is -0.325 e. The van der Waals surface area contributed by atoms with Gasteiger partial charge in [-0.25, -0.2) is 13.6 Å². The van der Waals surface area contributed by atoms with Gasteiger partial charge < -0.3 is 5.32 Å². The summed E-state index contributed by atoms with van der Waals surface area (Å²) in [7, 11) is -3.79. The van der Waals surface area contributed by atoms with E-state index in [0.29, 0.717) is 5.69 Å². The highest BCUT2D eigenvalue weighted by atomic mass is 79.9. The molecule has 3 N–H and O–H groups in total. The van der Waals surface area contributed by atoms with Gasteiger partial charge in [0.2, 0.25) is 15.9 Å². The van der Waals surface area contributed by atoms with E-state index in [1.165, 1.54) is 30.0 Å². The zero-order chi connectivity index (χ0) is 17.0. The van der Waals surface area contributed by atoms with E-state index in [2.05, 4.69) is 21.2 Å². The molecule has 0 aliphatic carbocycles. The van der Waals surface area contributed by atoms with Crippen molar-refractivity contribution in [1.29, 1.82) is 0 Å². The SMILES string of the molecule is Cc1cc(Br)ccc1SCC(=O)Nc1cccc(S(N)(=O)=O)c1. The summed E-state index contributed by atoms with van der Waals surface area (Å²) >= 11 is 4.81. The van der Waals surface area contributed by atoms with Crippen LogP contribution in [0.15, 0.2) is 56.7 Å². The van der Waals surface area contributed by atoms with Gasteiger partial charge in [0, 0.05) is 15.1 Å². The molecule has 0 radical (unpaired) electrons. The first-order valence-corrected chi connectivity index (χ1v) is 9.90. The maximum absolute atomic E-state index is 12.0. The van der Waals surface area contributed by atoms with E-state index in [0.717, 1.165) is 14.9 Å². The van der Waals surface area contributed by atoms with Crippen LogP contribution in [0.2, 0.25) is 0 Å². The van der Waals surface area contributed by atoms with Crippen LogP contribution < -0.4 is 10.5 Å². The zero-order valence-corrected chi connectivity index (χ0v) is 15.5. The Labute approximate surface area is 147 Å². The Kier molecular flexibility index (Phi) is 5.85. The Balaban J connectivity index is 2.00. The van der Waals surface area contributed by atoms with Crippen molar-refractivity contribution in [3.63, 3.8) is 0 Å². The molecule has 1 amide bonds. The van der Waals surface area contributed by atoms with E-state index >= 15 is 0 Å². The molecule has 0 saturated heterocycles. The van der Waals surface area contributed by atoms with Crippen molar-refractivity contribution in [2.24, 2.45) is 5.14 Å². The molecular weight excluding hydrogens is 400 g/mol. The Morgan fingerprint density at radius 3 is 2.65 bits per heavy atom. The molecule has 122 valence electrons. The van der Waals surface area contributed by atoms with E-state index in [1.807, 2.05) is 25.1 Å². The van der Waals surface area contributed by atoms with E-state index < -0.39 is 10.0 Å². The fourth-order valence-electron chi connectivity index (χ4n) is 1.87. The fourth-order valence-corrected chi connectivity index (χ4v) is 3.71. The number of nitrogens with one attached hydrogen (secondary N) is 1. The Bertz CT molecular complexity index is 838. The number of nitrogens with two attached hydrogens (primary N) is 1. The summed E-state index contributed by atoms with van der Waals surface area (Å²) in [5.41, 5.74) is 1.48. The molecule has 23 heavy (non-hydrogen) atoms. The van der Waals surface area contributed by atoms with Gasteiger partial charge in [-0.15, -0.1) is 11.8 Å². The van der Waals surface area contributed by atoms with E-state index in [-0.39, 0.29) is 16.6 Å². The smallest absolute Gasteiger partial charge is 0.238 e. The van der Waals surface area contributed by atoms with Gasteiger partial charge in [0.05, 0.1) is 10.6 Å². The number of anilines is 1. The minimum absolute atomic E-state index is 0.0355. The Hall–Kier alpha value is -1.35. The second-order valence-corrected chi connectivity index (χ2v) is 8.31. The maximum atomic E-state index is 12.0. The molecule has 0 atom stereocenters. The average molecular weight is 415 g/mol. The van der Waals surface area contributed by atoms with Crippen molar-refractivity contribution in [2.75, 3.05) is 11.1 Å². The van der Waals surface area contributed by atoms with Crippen molar-refractivity contribution in [3.8, 4) is 0 Å². The molecule has 5 nitrogen and oxygen atoms in total. The van der Waals surface area contributed by atoms with E-state index in [1.54, 1.807) is 6.07 Å². The van der Waals surface area contributed by atoms with Gasteiger partial charge in [0.15, 0.2) is 0 Å². The van der Waals surface area contributed by atoms with Crippen LogP contribution in [0.3, 0.4) is 0 Å². The van der Waals surface area contributed by atoms with Gasteiger partial charge in [0.25, 0.3) is 0 Å². The van der Waals surface area contributed by atoms with Crippen molar-refractivity contribution < 1.29 is 13.2 Å². The Morgan fingerprint density at radius 1 is 1.26 bits per heavy atom. The highest BCUT2D eigenvalue weighted by molar-refractivity contribution is 9.10.